The summed E-state index contributed by atoms with van der Waals surface area (Å²) in [5, 5.41) is 10.1. The number of ether oxygens (including phenoxy) is 1. The topological polar surface area (TPSA) is 46.5 Å². The SMILES string of the molecule is CCCC(C(=O)OCC)C(O)c1cc(F)c(F)cc1F. The Morgan fingerprint density at radius 3 is 2.35 bits per heavy atom. The number of carbonyl (C=O) groups is 1. The highest BCUT2D eigenvalue weighted by Crippen LogP contribution is 2.30. The Kier molecular flexibility index (Phi) is 6.01. The molecule has 6 heteroatoms. The van der Waals surface area contributed by atoms with E-state index < -0.39 is 41.0 Å². The van der Waals surface area contributed by atoms with Gasteiger partial charge < -0.3 is 9.84 Å². The first-order valence-corrected chi connectivity index (χ1v) is 6.41. The summed E-state index contributed by atoms with van der Waals surface area (Å²) in [5.74, 6) is -5.42. The normalized spacial score (nSPS) is 13.9. The van der Waals surface area contributed by atoms with Gasteiger partial charge in [0.25, 0.3) is 0 Å². The second kappa shape index (κ2) is 7.28. The zero-order chi connectivity index (χ0) is 15.3. The average molecular weight is 290 g/mol. The predicted molar refractivity (Wildman–Crippen MR) is 66.3 cm³/mol. The molecule has 0 amide bonds. The maximum Gasteiger partial charge on any atom is 0.311 e. The van der Waals surface area contributed by atoms with Crippen molar-refractivity contribution in [2.45, 2.75) is 32.8 Å². The third-order valence-corrected chi connectivity index (χ3v) is 2.93. The Morgan fingerprint density at radius 1 is 1.20 bits per heavy atom. The molecule has 0 aliphatic rings. The van der Waals surface area contributed by atoms with Gasteiger partial charge in [-0.2, -0.15) is 0 Å². The number of carbonyl (C=O) groups excluding carboxylic acids is 1. The minimum atomic E-state index is -1.58. The lowest BCUT2D eigenvalue weighted by molar-refractivity contribution is -0.152. The van der Waals surface area contributed by atoms with Gasteiger partial charge in [-0.15, -0.1) is 0 Å². The summed E-state index contributed by atoms with van der Waals surface area (Å²) in [5.41, 5.74) is -0.449. The second-order valence-corrected chi connectivity index (χ2v) is 4.38. The molecule has 2 atom stereocenters. The molecule has 1 N–H and O–H groups in total. The van der Waals surface area contributed by atoms with Crippen molar-refractivity contribution in [3.05, 3.63) is 35.1 Å². The molecule has 0 aromatic heterocycles. The van der Waals surface area contributed by atoms with Crippen molar-refractivity contribution in [1.82, 2.24) is 0 Å². The standard InChI is InChI=1S/C14H17F3O3/c1-3-5-8(14(19)20-4-2)13(18)9-6-11(16)12(17)7-10(9)15/h6-8,13,18H,3-5H2,1-2H3. The number of aliphatic hydroxyl groups excluding tert-OH is 1. The molecule has 3 nitrogen and oxygen atoms in total. The molecule has 0 heterocycles. The fraction of sp³-hybridized carbons (Fsp3) is 0.500. The number of aliphatic hydroxyl groups is 1. The summed E-state index contributed by atoms with van der Waals surface area (Å²) in [6.07, 6.45) is -0.784. The van der Waals surface area contributed by atoms with Gasteiger partial charge in [0.05, 0.1) is 18.6 Å². The van der Waals surface area contributed by atoms with Gasteiger partial charge in [0.15, 0.2) is 11.6 Å². The molecular formula is C14H17F3O3. The molecule has 112 valence electrons. The van der Waals surface area contributed by atoms with Crippen LogP contribution in [0.5, 0.6) is 0 Å². The van der Waals surface area contributed by atoms with E-state index in [4.69, 9.17) is 4.74 Å². The maximum absolute atomic E-state index is 13.6. The molecule has 0 radical (unpaired) electrons. The van der Waals surface area contributed by atoms with Crippen molar-refractivity contribution in [3.8, 4) is 0 Å². The summed E-state index contributed by atoms with van der Waals surface area (Å²) in [4.78, 5) is 11.7. The molecule has 2 unspecified atom stereocenters. The molecule has 1 aromatic carbocycles. The third-order valence-electron chi connectivity index (χ3n) is 2.93. The van der Waals surface area contributed by atoms with Crippen LogP contribution in [0.25, 0.3) is 0 Å². The van der Waals surface area contributed by atoms with Crippen molar-refractivity contribution in [2.24, 2.45) is 5.92 Å². The summed E-state index contributed by atoms with van der Waals surface area (Å²) < 4.78 is 44.4. The molecule has 0 spiro atoms. The molecule has 1 aromatic rings. The van der Waals surface area contributed by atoms with Crippen molar-refractivity contribution in [1.29, 1.82) is 0 Å². The lowest BCUT2D eigenvalue weighted by atomic mass is 9.91. The van der Waals surface area contributed by atoms with Crippen LogP contribution in [0.1, 0.15) is 38.4 Å². The van der Waals surface area contributed by atoms with E-state index in [1.807, 2.05) is 0 Å². The highest BCUT2D eigenvalue weighted by Gasteiger charge is 2.31. The molecule has 0 aliphatic heterocycles. The summed E-state index contributed by atoms with van der Waals surface area (Å²) >= 11 is 0. The van der Waals surface area contributed by atoms with Gasteiger partial charge >= 0.3 is 5.97 Å². The largest absolute Gasteiger partial charge is 0.466 e. The van der Waals surface area contributed by atoms with E-state index in [9.17, 15) is 23.1 Å². The van der Waals surface area contributed by atoms with E-state index in [2.05, 4.69) is 0 Å². The van der Waals surface area contributed by atoms with E-state index in [-0.39, 0.29) is 13.0 Å². The number of benzene rings is 1. The van der Waals surface area contributed by atoms with E-state index in [0.717, 1.165) is 0 Å². The van der Waals surface area contributed by atoms with Gasteiger partial charge in [-0.25, -0.2) is 13.2 Å². The molecule has 20 heavy (non-hydrogen) atoms. The van der Waals surface area contributed by atoms with E-state index in [1.165, 1.54) is 0 Å². The Labute approximate surface area is 115 Å². The van der Waals surface area contributed by atoms with Gasteiger partial charge in [-0.1, -0.05) is 13.3 Å². The smallest absolute Gasteiger partial charge is 0.311 e. The second-order valence-electron chi connectivity index (χ2n) is 4.38. The summed E-state index contributed by atoms with van der Waals surface area (Å²) in [6.45, 7) is 3.50. The first-order chi connectivity index (χ1) is 9.42. The number of esters is 1. The Balaban J connectivity index is 3.08. The van der Waals surface area contributed by atoms with Gasteiger partial charge in [0, 0.05) is 11.6 Å². The fourth-order valence-electron chi connectivity index (χ4n) is 1.95. The van der Waals surface area contributed by atoms with Crippen LogP contribution >= 0.6 is 0 Å². The van der Waals surface area contributed by atoms with Crippen molar-refractivity contribution in [2.75, 3.05) is 6.61 Å². The zero-order valence-electron chi connectivity index (χ0n) is 11.3. The average Bonchev–Trinajstić information content (AvgIpc) is 2.39. The van der Waals surface area contributed by atoms with Gasteiger partial charge in [-0.3, -0.25) is 4.79 Å². The lowest BCUT2D eigenvalue weighted by Gasteiger charge is -2.21. The Morgan fingerprint density at radius 2 is 1.80 bits per heavy atom. The number of rotatable bonds is 6. The molecule has 0 aliphatic carbocycles. The lowest BCUT2D eigenvalue weighted by Crippen LogP contribution is -2.25. The van der Waals surface area contributed by atoms with Crippen LogP contribution in [0.4, 0.5) is 13.2 Å². The third kappa shape index (κ3) is 3.72. The quantitative estimate of drug-likeness (QED) is 0.647. The van der Waals surface area contributed by atoms with Crippen LogP contribution < -0.4 is 0 Å². The molecule has 0 saturated carbocycles. The number of hydrogen-bond donors (Lipinski definition) is 1. The number of hydrogen-bond acceptors (Lipinski definition) is 3. The van der Waals surface area contributed by atoms with Crippen LogP contribution in [0, 0.1) is 23.4 Å². The summed E-state index contributed by atoms with van der Waals surface area (Å²) in [6, 6.07) is 0.916. The van der Waals surface area contributed by atoms with Gasteiger partial charge in [0.1, 0.15) is 5.82 Å². The maximum atomic E-state index is 13.6. The minimum absolute atomic E-state index is 0.117. The predicted octanol–water partition coefficient (Wildman–Crippen LogP) is 3.12. The zero-order valence-corrected chi connectivity index (χ0v) is 11.3. The van der Waals surface area contributed by atoms with Crippen LogP contribution in [-0.2, 0) is 9.53 Å². The van der Waals surface area contributed by atoms with Crippen LogP contribution in [0.3, 0.4) is 0 Å². The number of halogens is 3. The molecule has 0 saturated heterocycles. The van der Waals surface area contributed by atoms with E-state index in [1.54, 1.807) is 13.8 Å². The van der Waals surface area contributed by atoms with Crippen molar-refractivity contribution >= 4 is 5.97 Å². The fourth-order valence-corrected chi connectivity index (χ4v) is 1.95. The van der Waals surface area contributed by atoms with E-state index >= 15 is 0 Å². The van der Waals surface area contributed by atoms with Crippen LogP contribution in [-0.4, -0.2) is 17.7 Å². The molecule has 1 rings (SSSR count). The highest BCUT2D eigenvalue weighted by atomic mass is 19.2. The first kappa shape index (κ1) is 16.5. The van der Waals surface area contributed by atoms with Crippen molar-refractivity contribution in [3.63, 3.8) is 0 Å². The summed E-state index contributed by atoms with van der Waals surface area (Å²) in [7, 11) is 0. The highest BCUT2D eigenvalue weighted by molar-refractivity contribution is 5.73. The van der Waals surface area contributed by atoms with Crippen LogP contribution in [0.15, 0.2) is 12.1 Å². The van der Waals surface area contributed by atoms with Crippen molar-refractivity contribution < 1.29 is 27.8 Å². The monoisotopic (exact) mass is 290 g/mol. The van der Waals surface area contributed by atoms with Gasteiger partial charge in [-0.05, 0) is 19.4 Å². The molecular weight excluding hydrogens is 273 g/mol. The minimum Gasteiger partial charge on any atom is -0.466 e. The molecule has 0 fully saturated rings. The van der Waals surface area contributed by atoms with E-state index in [0.29, 0.717) is 18.6 Å². The Hall–Kier alpha value is -1.56. The van der Waals surface area contributed by atoms with Gasteiger partial charge in [0.2, 0.25) is 0 Å². The van der Waals surface area contributed by atoms with Crippen LogP contribution in [0.2, 0.25) is 0 Å². The Bertz CT molecular complexity index is 477. The molecule has 0 bridgehead atoms. The first-order valence-electron chi connectivity index (χ1n) is 6.41.